The van der Waals surface area contributed by atoms with E-state index in [-0.39, 0.29) is 11.3 Å². The summed E-state index contributed by atoms with van der Waals surface area (Å²) in [5.74, 6) is 0.135. The number of nitrogens with zero attached hydrogens (tertiary/aromatic N) is 2. The number of carbonyl (C=O) groups is 1. The predicted octanol–water partition coefficient (Wildman–Crippen LogP) is 4.01. The second kappa shape index (κ2) is 5.59. The average Bonchev–Trinajstić information content (AvgIpc) is 3.06. The Balaban J connectivity index is 1.82. The van der Waals surface area contributed by atoms with E-state index in [1.807, 2.05) is 48.9 Å². The van der Waals surface area contributed by atoms with Gasteiger partial charge in [-0.25, -0.2) is 4.68 Å². The van der Waals surface area contributed by atoms with E-state index in [0.29, 0.717) is 0 Å². The van der Waals surface area contributed by atoms with E-state index in [9.17, 15) is 4.79 Å². The summed E-state index contributed by atoms with van der Waals surface area (Å²) in [5.41, 5.74) is 3.67. The van der Waals surface area contributed by atoms with E-state index in [1.54, 1.807) is 0 Å². The molecule has 0 spiro atoms. The van der Waals surface area contributed by atoms with Gasteiger partial charge in [0, 0.05) is 16.8 Å². The number of aryl methyl sites for hydroxylation is 2. The maximum absolute atomic E-state index is 12.5. The molecule has 0 saturated heterocycles. The van der Waals surface area contributed by atoms with Crippen molar-refractivity contribution in [2.45, 2.75) is 46.5 Å². The molecule has 0 atom stereocenters. The number of benzene rings is 1. The molecule has 1 amide bonds. The first-order valence-electron chi connectivity index (χ1n) is 7.93. The molecule has 1 aliphatic rings. The summed E-state index contributed by atoms with van der Waals surface area (Å²) in [7, 11) is 0. The molecule has 0 radical (unpaired) electrons. The summed E-state index contributed by atoms with van der Waals surface area (Å²) in [6, 6.07) is 9.93. The first kappa shape index (κ1) is 14.8. The topological polar surface area (TPSA) is 46.9 Å². The van der Waals surface area contributed by atoms with Crippen LogP contribution in [0, 0.1) is 19.3 Å². The van der Waals surface area contributed by atoms with Crippen molar-refractivity contribution in [1.29, 1.82) is 0 Å². The number of aromatic nitrogens is 2. The molecule has 1 heterocycles. The van der Waals surface area contributed by atoms with E-state index in [1.165, 1.54) is 0 Å². The maximum atomic E-state index is 12.5. The molecule has 1 saturated carbocycles. The van der Waals surface area contributed by atoms with Crippen LogP contribution >= 0.6 is 0 Å². The quantitative estimate of drug-likeness (QED) is 0.930. The molecule has 0 aliphatic heterocycles. The van der Waals surface area contributed by atoms with Crippen LogP contribution in [0.15, 0.2) is 30.3 Å². The minimum Gasteiger partial charge on any atom is -0.326 e. The second-order valence-corrected chi connectivity index (χ2v) is 6.61. The van der Waals surface area contributed by atoms with Gasteiger partial charge in [0.2, 0.25) is 5.91 Å². The fourth-order valence-electron chi connectivity index (χ4n) is 3.27. The molecule has 2 aromatic rings. The molecule has 1 fully saturated rings. The van der Waals surface area contributed by atoms with Crippen molar-refractivity contribution >= 4 is 11.6 Å². The average molecular weight is 297 g/mol. The van der Waals surface area contributed by atoms with Crippen molar-refractivity contribution in [3.63, 3.8) is 0 Å². The molecule has 4 nitrogen and oxygen atoms in total. The molecule has 1 aromatic carbocycles. The monoisotopic (exact) mass is 297 g/mol. The smallest absolute Gasteiger partial charge is 0.230 e. The van der Waals surface area contributed by atoms with E-state index in [4.69, 9.17) is 0 Å². The molecular formula is C18H23N3O. The van der Waals surface area contributed by atoms with Gasteiger partial charge >= 0.3 is 0 Å². The first-order chi connectivity index (χ1) is 10.5. The number of hydrogen-bond acceptors (Lipinski definition) is 2. The lowest BCUT2D eigenvalue weighted by atomic mass is 9.88. The Morgan fingerprint density at radius 2 is 1.95 bits per heavy atom. The second-order valence-electron chi connectivity index (χ2n) is 6.61. The summed E-state index contributed by atoms with van der Waals surface area (Å²) in [5, 5.41) is 7.58. The highest BCUT2D eigenvalue weighted by molar-refractivity contribution is 5.95. The van der Waals surface area contributed by atoms with Gasteiger partial charge in [0.15, 0.2) is 0 Å². The van der Waals surface area contributed by atoms with E-state index >= 15 is 0 Å². The molecule has 1 aromatic heterocycles. The third-order valence-electron chi connectivity index (χ3n) is 4.61. The third kappa shape index (κ3) is 2.78. The molecule has 4 heteroatoms. The van der Waals surface area contributed by atoms with E-state index < -0.39 is 0 Å². The Labute approximate surface area is 131 Å². The molecule has 1 aliphatic carbocycles. The Morgan fingerprint density at radius 3 is 2.59 bits per heavy atom. The highest BCUT2D eigenvalue weighted by atomic mass is 16.2. The largest absolute Gasteiger partial charge is 0.326 e. The zero-order valence-corrected chi connectivity index (χ0v) is 13.5. The van der Waals surface area contributed by atoms with Gasteiger partial charge in [-0.3, -0.25) is 4.79 Å². The van der Waals surface area contributed by atoms with Gasteiger partial charge < -0.3 is 5.32 Å². The maximum Gasteiger partial charge on any atom is 0.230 e. The zero-order chi connectivity index (χ0) is 15.7. The summed E-state index contributed by atoms with van der Waals surface area (Å²) >= 11 is 0. The Hall–Kier alpha value is -2.10. The number of carbonyl (C=O) groups excluding carboxylic acids is 1. The van der Waals surface area contributed by atoms with Gasteiger partial charge in [-0.2, -0.15) is 5.10 Å². The summed E-state index contributed by atoms with van der Waals surface area (Å²) < 4.78 is 1.91. The zero-order valence-electron chi connectivity index (χ0n) is 13.5. The fourth-order valence-corrected chi connectivity index (χ4v) is 3.27. The molecule has 22 heavy (non-hydrogen) atoms. The van der Waals surface area contributed by atoms with E-state index in [2.05, 4.69) is 17.3 Å². The number of nitrogens with one attached hydrogen (secondary N) is 1. The van der Waals surface area contributed by atoms with Gasteiger partial charge in [-0.1, -0.05) is 25.8 Å². The minimum absolute atomic E-state index is 0.135. The first-order valence-corrected chi connectivity index (χ1v) is 7.93. The SMILES string of the molecule is Cc1cc(C)n(-c2cccc(NC(=O)C3(C)CCCC3)c2)n1. The minimum atomic E-state index is -0.214. The number of anilines is 1. The Kier molecular flexibility index (Phi) is 3.77. The van der Waals surface area contributed by atoms with Crippen LogP contribution in [0.5, 0.6) is 0 Å². The predicted molar refractivity (Wildman–Crippen MR) is 88.2 cm³/mol. The van der Waals surface area contributed by atoms with Crippen LogP contribution < -0.4 is 5.32 Å². The van der Waals surface area contributed by atoms with Gasteiger partial charge in [0.05, 0.1) is 11.4 Å². The van der Waals surface area contributed by atoms with Gasteiger partial charge in [-0.05, 0) is 51.0 Å². The Bertz CT molecular complexity index is 696. The summed E-state index contributed by atoms with van der Waals surface area (Å²) in [6.07, 6.45) is 4.26. The van der Waals surface area contributed by atoms with Gasteiger partial charge in [0.25, 0.3) is 0 Å². The van der Waals surface area contributed by atoms with Crippen LogP contribution in [0.4, 0.5) is 5.69 Å². The van der Waals surface area contributed by atoms with Crippen LogP contribution in [0.2, 0.25) is 0 Å². The molecule has 116 valence electrons. The lowest BCUT2D eigenvalue weighted by Crippen LogP contribution is -2.30. The molecule has 1 N–H and O–H groups in total. The van der Waals surface area contributed by atoms with Crippen molar-refractivity contribution in [2.24, 2.45) is 5.41 Å². The highest BCUT2D eigenvalue weighted by Gasteiger charge is 2.36. The van der Waals surface area contributed by atoms with Crippen molar-refractivity contribution in [3.8, 4) is 5.69 Å². The summed E-state index contributed by atoms with van der Waals surface area (Å²) in [4.78, 5) is 12.5. The standard InChI is InChI=1S/C18H23N3O/c1-13-11-14(2)21(20-13)16-8-6-7-15(12-16)19-17(22)18(3)9-4-5-10-18/h6-8,11-12H,4-5,9-10H2,1-3H3,(H,19,22). The normalized spacial score (nSPS) is 16.7. The number of hydrogen-bond donors (Lipinski definition) is 1. The van der Waals surface area contributed by atoms with Crippen molar-refractivity contribution in [1.82, 2.24) is 9.78 Å². The summed E-state index contributed by atoms with van der Waals surface area (Å²) in [6.45, 7) is 6.08. The molecular weight excluding hydrogens is 274 g/mol. The third-order valence-corrected chi connectivity index (χ3v) is 4.61. The van der Waals surface area contributed by atoms with Crippen LogP contribution in [-0.2, 0) is 4.79 Å². The molecule has 0 bridgehead atoms. The van der Waals surface area contributed by atoms with Crippen molar-refractivity contribution in [2.75, 3.05) is 5.32 Å². The fraction of sp³-hybridized carbons (Fsp3) is 0.444. The van der Waals surface area contributed by atoms with Crippen LogP contribution in [0.3, 0.4) is 0 Å². The number of amides is 1. The van der Waals surface area contributed by atoms with Gasteiger partial charge in [-0.15, -0.1) is 0 Å². The van der Waals surface area contributed by atoms with Crippen molar-refractivity contribution in [3.05, 3.63) is 41.7 Å². The van der Waals surface area contributed by atoms with Crippen molar-refractivity contribution < 1.29 is 4.79 Å². The van der Waals surface area contributed by atoms with E-state index in [0.717, 1.165) is 48.4 Å². The van der Waals surface area contributed by atoms with Crippen LogP contribution in [0.1, 0.15) is 44.0 Å². The van der Waals surface area contributed by atoms with Crippen LogP contribution in [-0.4, -0.2) is 15.7 Å². The lowest BCUT2D eigenvalue weighted by Gasteiger charge is -2.22. The molecule has 3 rings (SSSR count). The molecule has 0 unspecified atom stereocenters. The Morgan fingerprint density at radius 1 is 1.23 bits per heavy atom. The highest BCUT2D eigenvalue weighted by Crippen LogP contribution is 2.38. The number of rotatable bonds is 3. The lowest BCUT2D eigenvalue weighted by molar-refractivity contribution is -0.124. The van der Waals surface area contributed by atoms with Gasteiger partial charge in [0.1, 0.15) is 0 Å². The van der Waals surface area contributed by atoms with Crippen LogP contribution in [0.25, 0.3) is 5.69 Å².